The standard InChI is InChI=1S/C18H37N/c1-3-4-5-6-7-8-9-10-11-12-13-14-15-16-17-18(2)19/h11-12,18H,3-10,13-17,19H2,1-2H3/b12-11+. The van der Waals surface area contributed by atoms with Crippen LogP contribution in [0.1, 0.15) is 97.3 Å². The van der Waals surface area contributed by atoms with Crippen LogP contribution in [0.15, 0.2) is 12.2 Å². The van der Waals surface area contributed by atoms with Crippen molar-refractivity contribution < 1.29 is 0 Å². The van der Waals surface area contributed by atoms with Crippen molar-refractivity contribution in [3.05, 3.63) is 12.2 Å². The average Bonchev–Trinajstić information content (AvgIpc) is 2.39. The predicted molar refractivity (Wildman–Crippen MR) is 88.5 cm³/mol. The monoisotopic (exact) mass is 267 g/mol. The Hall–Kier alpha value is -0.300. The van der Waals surface area contributed by atoms with E-state index in [1.807, 2.05) is 0 Å². The van der Waals surface area contributed by atoms with Crippen LogP contribution in [-0.2, 0) is 0 Å². The maximum atomic E-state index is 5.73. The Labute approximate surface area is 122 Å². The van der Waals surface area contributed by atoms with Crippen molar-refractivity contribution in [1.29, 1.82) is 0 Å². The first-order chi connectivity index (χ1) is 9.27. The van der Waals surface area contributed by atoms with Crippen LogP contribution in [0.25, 0.3) is 0 Å². The van der Waals surface area contributed by atoms with E-state index in [9.17, 15) is 0 Å². The van der Waals surface area contributed by atoms with E-state index in [0.29, 0.717) is 6.04 Å². The van der Waals surface area contributed by atoms with Crippen molar-refractivity contribution in [2.45, 2.75) is 103 Å². The van der Waals surface area contributed by atoms with Crippen LogP contribution in [0.2, 0.25) is 0 Å². The number of nitrogens with two attached hydrogens (primary N) is 1. The van der Waals surface area contributed by atoms with Gasteiger partial charge in [-0.05, 0) is 39.0 Å². The highest BCUT2D eigenvalue weighted by Gasteiger charge is 1.93. The lowest BCUT2D eigenvalue weighted by Crippen LogP contribution is -2.13. The van der Waals surface area contributed by atoms with E-state index in [1.54, 1.807) is 0 Å². The summed E-state index contributed by atoms with van der Waals surface area (Å²) in [5.41, 5.74) is 5.73. The minimum Gasteiger partial charge on any atom is -0.328 e. The molecule has 1 heteroatoms. The summed E-state index contributed by atoms with van der Waals surface area (Å²) in [6, 6.07) is 0.382. The minimum absolute atomic E-state index is 0.382. The van der Waals surface area contributed by atoms with E-state index < -0.39 is 0 Å². The second-order valence-electron chi connectivity index (χ2n) is 6.00. The highest BCUT2D eigenvalue weighted by atomic mass is 14.6. The molecule has 0 aromatic rings. The third kappa shape index (κ3) is 17.7. The number of rotatable bonds is 14. The molecule has 0 aliphatic rings. The molecule has 0 aliphatic heterocycles. The molecular formula is C18H37N. The topological polar surface area (TPSA) is 26.0 Å². The third-order valence-electron chi connectivity index (χ3n) is 3.67. The SMILES string of the molecule is CCCCCCCCC/C=C/CCCCCC(C)N. The van der Waals surface area contributed by atoms with E-state index in [0.717, 1.165) is 0 Å². The van der Waals surface area contributed by atoms with Crippen LogP contribution < -0.4 is 5.73 Å². The summed E-state index contributed by atoms with van der Waals surface area (Å²) >= 11 is 0. The van der Waals surface area contributed by atoms with E-state index >= 15 is 0 Å². The Balaban J connectivity index is 3.05. The van der Waals surface area contributed by atoms with Crippen molar-refractivity contribution in [2.75, 3.05) is 0 Å². The molecule has 0 radical (unpaired) electrons. The summed E-state index contributed by atoms with van der Waals surface area (Å²) in [5.74, 6) is 0. The van der Waals surface area contributed by atoms with Crippen molar-refractivity contribution in [3.8, 4) is 0 Å². The van der Waals surface area contributed by atoms with Gasteiger partial charge in [0, 0.05) is 6.04 Å². The smallest absolute Gasteiger partial charge is 0.00104 e. The van der Waals surface area contributed by atoms with Gasteiger partial charge < -0.3 is 5.73 Å². The average molecular weight is 268 g/mol. The summed E-state index contributed by atoms with van der Waals surface area (Å²) < 4.78 is 0. The van der Waals surface area contributed by atoms with Gasteiger partial charge in [-0.25, -0.2) is 0 Å². The second kappa shape index (κ2) is 15.8. The molecule has 19 heavy (non-hydrogen) atoms. The quantitative estimate of drug-likeness (QED) is 0.304. The molecule has 0 aromatic carbocycles. The van der Waals surface area contributed by atoms with E-state index in [4.69, 9.17) is 5.73 Å². The summed E-state index contributed by atoms with van der Waals surface area (Å²) in [5, 5.41) is 0. The number of hydrogen-bond donors (Lipinski definition) is 1. The minimum atomic E-state index is 0.382. The number of hydrogen-bond acceptors (Lipinski definition) is 1. The molecule has 2 N–H and O–H groups in total. The first-order valence-corrected chi connectivity index (χ1v) is 8.68. The lowest BCUT2D eigenvalue weighted by Gasteiger charge is -2.02. The maximum Gasteiger partial charge on any atom is 0.00104 e. The van der Waals surface area contributed by atoms with Crippen LogP contribution in [0.4, 0.5) is 0 Å². The van der Waals surface area contributed by atoms with Gasteiger partial charge in [0.25, 0.3) is 0 Å². The lowest BCUT2D eigenvalue weighted by molar-refractivity contribution is 0.581. The predicted octanol–water partition coefficient (Wildman–Crippen LogP) is 5.98. The zero-order chi connectivity index (χ0) is 14.2. The molecule has 0 amide bonds. The van der Waals surface area contributed by atoms with Crippen LogP contribution >= 0.6 is 0 Å². The largest absolute Gasteiger partial charge is 0.328 e. The van der Waals surface area contributed by atoms with Gasteiger partial charge in [0.2, 0.25) is 0 Å². The first-order valence-electron chi connectivity index (χ1n) is 8.68. The fourth-order valence-corrected chi connectivity index (χ4v) is 2.36. The van der Waals surface area contributed by atoms with Crippen LogP contribution in [0.5, 0.6) is 0 Å². The van der Waals surface area contributed by atoms with Crippen molar-refractivity contribution in [3.63, 3.8) is 0 Å². The summed E-state index contributed by atoms with van der Waals surface area (Å²) in [4.78, 5) is 0. The van der Waals surface area contributed by atoms with Crippen molar-refractivity contribution in [1.82, 2.24) is 0 Å². The summed E-state index contributed by atoms with van der Waals surface area (Å²) in [6.45, 7) is 4.38. The lowest BCUT2D eigenvalue weighted by atomic mass is 10.1. The fraction of sp³-hybridized carbons (Fsp3) is 0.889. The summed E-state index contributed by atoms with van der Waals surface area (Å²) in [6.07, 6.45) is 22.3. The van der Waals surface area contributed by atoms with Gasteiger partial charge in [-0.3, -0.25) is 0 Å². The molecule has 1 nitrogen and oxygen atoms in total. The van der Waals surface area contributed by atoms with Gasteiger partial charge in [0.15, 0.2) is 0 Å². The van der Waals surface area contributed by atoms with E-state index in [1.165, 1.54) is 83.5 Å². The Morgan fingerprint density at radius 3 is 1.74 bits per heavy atom. The van der Waals surface area contributed by atoms with Gasteiger partial charge in [-0.1, -0.05) is 70.4 Å². The molecule has 0 fully saturated rings. The van der Waals surface area contributed by atoms with Crippen LogP contribution in [0.3, 0.4) is 0 Å². The number of unbranched alkanes of at least 4 members (excludes halogenated alkanes) is 10. The van der Waals surface area contributed by atoms with Crippen molar-refractivity contribution in [2.24, 2.45) is 5.73 Å². The molecule has 0 heterocycles. The zero-order valence-electron chi connectivity index (χ0n) is 13.5. The molecule has 1 unspecified atom stereocenters. The molecular weight excluding hydrogens is 230 g/mol. The second-order valence-corrected chi connectivity index (χ2v) is 6.00. The van der Waals surface area contributed by atoms with Gasteiger partial charge in [0.1, 0.15) is 0 Å². The Morgan fingerprint density at radius 2 is 1.21 bits per heavy atom. The summed E-state index contributed by atoms with van der Waals surface area (Å²) in [7, 11) is 0. The molecule has 0 rings (SSSR count). The highest BCUT2D eigenvalue weighted by molar-refractivity contribution is 4.81. The van der Waals surface area contributed by atoms with E-state index in [-0.39, 0.29) is 0 Å². The maximum absolute atomic E-state index is 5.73. The fourth-order valence-electron chi connectivity index (χ4n) is 2.36. The number of allylic oxidation sites excluding steroid dienone is 2. The normalized spacial score (nSPS) is 13.2. The Bertz CT molecular complexity index is 184. The molecule has 114 valence electrons. The van der Waals surface area contributed by atoms with Gasteiger partial charge in [0.05, 0.1) is 0 Å². The van der Waals surface area contributed by atoms with Crippen LogP contribution in [-0.4, -0.2) is 6.04 Å². The molecule has 0 saturated carbocycles. The van der Waals surface area contributed by atoms with E-state index in [2.05, 4.69) is 26.0 Å². The molecule has 1 atom stereocenters. The molecule has 0 spiro atoms. The molecule has 0 saturated heterocycles. The van der Waals surface area contributed by atoms with Crippen molar-refractivity contribution >= 4 is 0 Å². The van der Waals surface area contributed by atoms with Gasteiger partial charge in [-0.15, -0.1) is 0 Å². The Morgan fingerprint density at radius 1 is 0.737 bits per heavy atom. The van der Waals surface area contributed by atoms with Crippen LogP contribution in [0, 0.1) is 0 Å². The molecule has 0 aromatic heterocycles. The third-order valence-corrected chi connectivity index (χ3v) is 3.67. The highest BCUT2D eigenvalue weighted by Crippen LogP contribution is 2.09. The zero-order valence-corrected chi connectivity index (χ0v) is 13.5. The molecule has 0 bridgehead atoms. The molecule has 0 aliphatic carbocycles. The van der Waals surface area contributed by atoms with Gasteiger partial charge in [-0.2, -0.15) is 0 Å². The van der Waals surface area contributed by atoms with Gasteiger partial charge >= 0.3 is 0 Å². The first kappa shape index (κ1) is 18.7. The Kier molecular flexibility index (Phi) is 15.5.